The van der Waals surface area contributed by atoms with Gasteiger partial charge in [-0.15, -0.1) is 0 Å². The number of nitrogen functional groups attached to an aromatic ring is 1. The average molecular weight is 224 g/mol. The molecule has 0 bridgehead atoms. The van der Waals surface area contributed by atoms with Gasteiger partial charge < -0.3 is 20.9 Å². The second kappa shape index (κ2) is 4.52. The Bertz CT molecular complexity index is 443. The largest absolute Gasteiger partial charge is 0.507 e. The van der Waals surface area contributed by atoms with Crippen molar-refractivity contribution in [2.45, 2.75) is 6.92 Å². The summed E-state index contributed by atoms with van der Waals surface area (Å²) >= 11 is 0. The lowest BCUT2D eigenvalue weighted by Gasteiger charge is -2.09. The van der Waals surface area contributed by atoms with Crippen LogP contribution in [0.4, 0.5) is 11.4 Å². The number of methoxy groups -OCH3 is 1. The number of hydrogen-bond donors (Lipinski definition) is 3. The Hall–Kier alpha value is -2.24. The van der Waals surface area contributed by atoms with Crippen LogP contribution in [-0.4, -0.2) is 24.1 Å². The highest BCUT2D eigenvalue weighted by atomic mass is 16.5. The van der Waals surface area contributed by atoms with Gasteiger partial charge in [0, 0.05) is 13.0 Å². The lowest BCUT2D eigenvalue weighted by Crippen LogP contribution is -2.10. The molecule has 0 heterocycles. The lowest BCUT2D eigenvalue weighted by atomic mass is 10.1. The normalized spacial score (nSPS) is 9.62. The zero-order valence-electron chi connectivity index (χ0n) is 8.90. The van der Waals surface area contributed by atoms with E-state index in [1.165, 1.54) is 26.2 Å². The first-order valence-electron chi connectivity index (χ1n) is 4.44. The number of nitrogens with one attached hydrogen (secondary N) is 1. The minimum absolute atomic E-state index is 0.0471. The standard InChI is InChI=1S/C10H12N2O4/c1-5(13)12-8-4-9(14)6(3-7(8)11)10(15)16-2/h3-4,14H,11H2,1-2H3,(H,12,13). The van der Waals surface area contributed by atoms with Gasteiger partial charge in [-0.3, -0.25) is 4.79 Å². The zero-order chi connectivity index (χ0) is 12.3. The molecule has 0 atom stereocenters. The molecule has 0 spiro atoms. The summed E-state index contributed by atoms with van der Waals surface area (Å²) in [5.74, 6) is -1.32. The average Bonchev–Trinajstić information content (AvgIpc) is 2.21. The SMILES string of the molecule is COC(=O)c1cc(N)c(NC(C)=O)cc1O. The van der Waals surface area contributed by atoms with E-state index in [2.05, 4.69) is 10.1 Å². The molecule has 6 nitrogen and oxygen atoms in total. The molecule has 0 aliphatic rings. The van der Waals surface area contributed by atoms with Crippen molar-refractivity contribution in [1.29, 1.82) is 0 Å². The summed E-state index contributed by atoms with van der Waals surface area (Å²) in [6.45, 7) is 1.31. The van der Waals surface area contributed by atoms with Crippen molar-refractivity contribution in [2.75, 3.05) is 18.2 Å². The fraction of sp³-hybridized carbons (Fsp3) is 0.200. The maximum Gasteiger partial charge on any atom is 0.341 e. The van der Waals surface area contributed by atoms with Crippen LogP contribution in [-0.2, 0) is 9.53 Å². The molecule has 0 radical (unpaired) electrons. The molecule has 6 heteroatoms. The van der Waals surface area contributed by atoms with Gasteiger partial charge in [0.05, 0.1) is 18.5 Å². The number of carbonyl (C=O) groups is 2. The molecule has 1 rings (SSSR count). The third kappa shape index (κ3) is 2.41. The van der Waals surface area contributed by atoms with E-state index in [1.54, 1.807) is 0 Å². The molecule has 0 saturated carbocycles. The molecule has 16 heavy (non-hydrogen) atoms. The fourth-order valence-electron chi connectivity index (χ4n) is 1.18. The van der Waals surface area contributed by atoms with Gasteiger partial charge in [-0.2, -0.15) is 0 Å². The van der Waals surface area contributed by atoms with E-state index in [-0.39, 0.29) is 28.6 Å². The van der Waals surface area contributed by atoms with E-state index in [9.17, 15) is 14.7 Å². The number of nitrogens with two attached hydrogens (primary N) is 1. The maximum atomic E-state index is 11.2. The second-order valence-corrected chi connectivity index (χ2v) is 3.13. The van der Waals surface area contributed by atoms with Crippen LogP contribution in [0.25, 0.3) is 0 Å². The summed E-state index contributed by atoms with van der Waals surface area (Å²) in [5.41, 5.74) is 5.97. The molecule has 86 valence electrons. The van der Waals surface area contributed by atoms with Crippen molar-refractivity contribution < 1.29 is 19.4 Å². The first-order valence-corrected chi connectivity index (χ1v) is 4.44. The van der Waals surface area contributed by atoms with E-state index >= 15 is 0 Å². The maximum absolute atomic E-state index is 11.2. The Kier molecular flexibility index (Phi) is 3.34. The Morgan fingerprint density at radius 3 is 2.56 bits per heavy atom. The quantitative estimate of drug-likeness (QED) is 0.390. The molecule has 0 aromatic heterocycles. The van der Waals surface area contributed by atoms with E-state index < -0.39 is 5.97 Å². The molecule has 0 fully saturated rings. The van der Waals surface area contributed by atoms with Gasteiger partial charge in [0.15, 0.2) is 0 Å². The highest BCUT2D eigenvalue weighted by Gasteiger charge is 2.14. The Balaban J connectivity index is 3.16. The minimum atomic E-state index is -0.696. The van der Waals surface area contributed by atoms with Crippen molar-refractivity contribution in [2.24, 2.45) is 0 Å². The van der Waals surface area contributed by atoms with Gasteiger partial charge in [-0.05, 0) is 6.07 Å². The summed E-state index contributed by atoms with van der Waals surface area (Å²) in [6.07, 6.45) is 0. The van der Waals surface area contributed by atoms with Gasteiger partial charge in [0.2, 0.25) is 5.91 Å². The number of carbonyl (C=O) groups excluding carboxylic acids is 2. The molecular weight excluding hydrogens is 212 g/mol. The number of rotatable bonds is 2. The minimum Gasteiger partial charge on any atom is -0.507 e. The molecule has 0 aliphatic carbocycles. The van der Waals surface area contributed by atoms with Crippen LogP contribution < -0.4 is 11.1 Å². The molecule has 1 aromatic carbocycles. The van der Waals surface area contributed by atoms with Crippen molar-refractivity contribution in [1.82, 2.24) is 0 Å². The van der Waals surface area contributed by atoms with E-state index in [0.29, 0.717) is 0 Å². The molecule has 0 saturated heterocycles. The summed E-state index contributed by atoms with van der Waals surface area (Å²) in [5, 5.41) is 11.9. The zero-order valence-corrected chi connectivity index (χ0v) is 8.90. The third-order valence-corrected chi connectivity index (χ3v) is 1.88. The van der Waals surface area contributed by atoms with E-state index in [4.69, 9.17) is 5.73 Å². The van der Waals surface area contributed by atoms with Crippen molar-refractivity contribution in [3.63, 3.8) is 0 Å². The smallest absolute Gasteiger partial charge is 0.341 e. The van der Waals surface area contributed by atoms with Crippen LogP contribution in [0, 0.1) is 0 Å². The molecule has 1 amide bonds. The molecule has 0 aliphatic heterocycles. The first-order chi connectivity index (χ1) is 7.45. The molecule has 4 N–H and O–H groups in total. The number of amides is 1. The first kappa shape index (κ1) is 11.8. The fourth-order valence-corrected chi connectivity index (χ4v) is 1.18. The predicted octanol–water partition coefficient (Wildman–Crippen LogP) is 0.719. The summed E-state index contributed by atoms with van der Waals surface area (Å²) in [7, 11) is 1.19. The summed E-state index contributed by atoms with van der Waals surface area (Å²) in [4.78, 5) is 22.0. The topological polar surface area (TPSA) is 102 Å². The molecule has 0 unspecified atom stereocenters. The van der Waals surface area contributed by atoms with Crippen LogP contribution >= 0.6 is 0 Å². The lowest BCUT2D eigenvalue weighted by molar-refractivity contribution is -0.114. The number of anilines is 2. The Morgan fingerprint density at radius 2 is 2.06 bits per heavy atom. The molecule has 1 aromatic rings. The number of phenols is 1. The number of ether oxygens (including phenoxy) is 1. The van der Waals surface area contributed by atoms with Gasteiger partial charge in [0.25, 0.3) is 0 Å². The summed E-state index contributed by atoms with van der Waals surface area (Å²) < 4.78 is 4.45. The van der Waals surface area contributed by atoms with Gasteiger partial charge >= 0.3 is 5.97 Å². The highest BCUT2D eigenvalue weighted by molar-refractivity contribution is 5.98. The number of esters is 1. The number of phenolic OH excluding ortho intramolecular Hbond substituents is 1. The Labute approximate surface area is 92.0 Å². The van der Waals surface area contributed by atoms with E-state index in [1.807, 2.05) is 0 Å². The number of aromatic hydroxyl groups is 1. The number of benzene rings is 1. The second-order valence-electron chi connectivity index (χ2n) is 3.13. The van der Waals surface area contributed by atoms with Crippen LogP contribution in [0.5, 0.6) is 5.75 Å². The van der Waals surface area contributed by atoms with Crippen LogP contribution in [0.2, 0.25) is 0 Å². The van der Waals surface area contributed by atoms with Gasteiger partial charge in [-0.25, -0.2) is 4.79 Å². The predicted molar refractivity (Wildman–Crippen MR) is 58.2 cm³/mol. The van der Waals surface area contributed by atoms with Crippen LogP contribution in [0.3, 0.4) is 0 Å². The van der Waals surface area contributed by atoms with Crippen LogP contribution in [0.15, 0.2) is 12.1 Å². The Morgan fingerprint density at radius 1 is 1.44 bits per heavy atom. The van der Waals surface area contributed by atoms with Crippen LogP contribution in [0.1, 0.15) is 17.3 Å². The van der Waals surface area contributed by atoms with Crippen molar-refractivity contribution in [3.8, 4) is 5.75 Å². The summed E-state index contributed by atoms with van der Waals surface area (Å²) in [6, 6.07) is 2.44. The number of hydrogen-bond acceptors (Lipinski definition) is 5. The van der Waals surface area contributed by atoms with Crippen molar-refractivity contribution in [3.05, 3.63) is 17.7 Å². The van der Waals surface area contributed by atoms with Gasteiger partial charge in [-0.1, -0.05) is 0 Å². The van der Waals surface area contributed by atoms with E-state index in [0.717, 1.165) is 0 Å². The van der Waals surface area contributed by atoms with Gasteiger partial charge in [0.1, 0.15) is 11.3 Å². The highest BCUT2D eigenvalue weighted by Crippen LogP contribution is 2.28. The molecular formula is C10H12N2O4. The van der Waals surface area contributed by atoms with Crippen molar-refractivity contribution >= 4 is 23.3 Å². The third-order valence-electron chi connectivity index (χ3n) is 1.88. The monoisotopic (exact) mass is 224 g/mol.